The molecule has 1 amide bonds. The first-order chi connectivity index (χ1) is 12.5. The Kier molecular flexibility index (Phi) is 5.46. The summed E-state index contributed by atoms with van der Waals surface area (Å²) in [6, 6.07) is 14.0. The lowest BCUT2D eigenvalue weighted by molar-refractivity contribution is -0.121. The number of halogens is 1. The number of fused-ring (bicyclic) bond motifs is 1. The van der Waals surface area contributed by atoms with Crippen LogP contribution in [0.25, 0.3) is 10.9 Å². The maximum atomic E-state index is 12.8. The highest BCUT2D eigenvalue weighted by atomic mass is 19.1. The Hall–Kier alpha value is -2.95. The van der Waals surface area contributed by atoms with Crippen molar-refractivity contribution in [1.29, 1.82) is 0 Å². The van der Waals surface area contributed by atoms with E-state index in [1.807, 2.05) is 24.3 Å². The van der Waals surface area contributed by atoms with Crippen molar-refractivity contribution in [2.45, 2.75) is 26.2 Å². The molecule has 1 heterocycles. The second kappa shape index (κ2) is 7.95. The van der Waals surface area contributed by atoms with E-state index in [1.54, 1.807) is 19.1 Å². The lowest BCUT2D eigenvalue weighted by Gasteiger charge is -2.07. The van der Waals surface area contributed by atoms with E-state index in [4.69, 9.17) is 0 Å². The zero-order valence-electron chi connectivity index (χ0n) is 14.6. The van der Waals surface area contributed by atoms with E-state index in [2.05, 4.69) is 10.3 Å². The number of H-pyrrole nitrogens is 1. The summed E-state index contributed by atoms with van der Waals surface area (Å²) in [4.78, 5) is 26.6. The first kappa shape index (κ1) is 17.9. The number of amides is 1. The number of aromatic nitrogens is 1. The molecule has 4 nitrogen and oxygen atoms in total. The smallest absolute Gasteiger partial charge is 0.251 e. The lowest BCUT2D eigenvalue weighted by atomic mass is 10.1. The number of benzene rings is 2. The van der Waals surface area contributed by atoms with Gasteiger partial charge in [-0.05, 0) is 60.5 Å². The van der Waals surface area contributed by atoms with Gasteiger partial charge in [-0.25, -0.2) is 4.39 Å². The molecule has 0 bridgehead atoms. The van der Waals surface area contributed by atoms with E-state index in [-0.39, 0.29) is 17.3 Å². The van der Waals surface area contributed by atoms with E-state index in [0.29, 0.717) is 31.4 Å². The molecule has 3 aromatic rings. The summed E-state index contributed by atoms with van der Waals surface area (Å²) < 4.78 is 12.8. The van der Waals surface area contributed by atoms with Gasteiger partial charge >= 0.3 is 0 Å². The normalized spacial score (nSPS) is 10.8. The summed E-state index contributed by atoms with van der Waals surface area (Å²) in [5, 5.41) is 3.86. The van der Waals surface area contributed by atoms with Gasteiger partial charge in [-0.2, -0.15) is 0 Å². The van der Waals surface area contributed by atoms with Crippen LogP contribution < -0.4 is 10.9 Å². The summed E-state index contributed by atoms with van der Waals surface area (Å²) in [7, 11) is 0. The molecule has 0 atom stereocenters. The molecule has 26 heavy (non-hydrogen) atoms. The number of aromatic amines is 1. The highest BCUT2D eigenvalue weighted by Gasteiger charge is 2.05. The van der Waals surface area contributed by atoms with Gasteiger partial charge in [0.2, 0.25) is 5.91 Å². The molecule has 5 heteroatoms. The molecule has 134 valence electrons. The average molecular weight is 352 g/mol. The van der Waals surface area contributed by atoms with Crippen LogP contribution in [-0.2, 0) is 17.6 Å². The van der Waals surface area contributed by atoms with E-state index < -0.39 is 0 Å². The fourth-order valence-corrected chi connectivity index (χ4v) is 2.86. The predicted octanol–water partition coefficient (Wildman–Crippen LogP) is 3.27. The first-order valence-electron chi connectivity index (χ1n) is 8.65. The molecule has 0 saturated heterocycles. The summed E-state index contributed by atoms with van der Waals surface area (Å²) >= 11 is 0. The minimum atomic E-state index is -0.260. The number of aryl methyl sites for hydroxylation is 2. The molecule has 0 saturated carbocycles. The third-order valence-electron chi connectivity index (χ3n) is 4.39. The molecule has 0 spiro atoms. The molecule has 0 aliphatic heterocycles. The maximum Gasteiger partial charge on any atom is 0.251 e. The van der Waals surface area contributed by atoms with Crippen molar-refractivity contribution in [2.75, 3.05) is 6.54 Å². The van der Waals surface area contributed by atoms with Gasteiger partial charge in [0.25, 0.3) is 5.56 Å². The van der Waals surface area contributed by atoms with E-state index in [9.17, 15) is 14.0 Å². The van der Waals surface area contributed by atoms with Crippen LogP contribution in [0, 0.1) is 12.7 Å². The third kappa shape index (κ3) is 4.57. The van der Waals surface area contributed by atoms with E-state index >= 15 is 0 Å². The Morgan fingerprint density at radius 2 is 1.77 bits per heavy atom. The van der Waals surface area contributed by atoms with Crippen LogP contribution in [0.4, 0.5) is 4.39 Å². The minimum absolute atomic E-state index is 0.0235. The fourth-order valence-electron chi connectivity index (χ4n) is 2.86. The average Bonchev–Trinajstić information content (AvgIpc) is 2.62. The first-order valence-corrected chi connectivity index (χ1v) is 8.65. The number of rotatable bonds is 6. The molecular formula is C21H21FN2O2. The minimum Gasteiger partial charge on any atom is -0.356 e. The Morgan fingerprint density at radius 3 is 2.54 bits per heavy atom. The summed E-state index contributed by atoms with van der Waals surface area (Å²) in [5.41, 5.74) is 3.37. The van der Waals surface area contributed by atoms with Crippen LogP contribution in [0.2, 0.25) is 0 Å². The van der Waals surface area contributed by atoms with Gasteiger partial charge in [-0.3, -0.25) is 9.59 Å². The zero-order valence-corrected chi connectivity index (χ0v) is 14.6. The van der Waals surface area contributed by atoms with Gasteiger partial charge in [0, 0.05) is 24.0 Å². The standard InChI is InChI=1S/C21H21FN2O2/c1-14-12-17-6-2-16(13-19(17)24-21(14)26)5-9-20(25)23-11-10-15-3-7-18(22)8-4-15/h2-4,6-8,12-13H,5,9-11H2,1H3,(H,23,25)(H,24,26). The largest absolute Gasteiger partial charge is 0.356 e. The predicted molar refractivity (Wildman–Crippen MR) is 101 cm³/mol. The van der Waals surface area contributed by atoms with Gasteiger partial charge < -0.3 is 10.3 Å². The molecule has 1 aromatic heterocycles. The van der Waals surface area contributed by atoms with Crippen molar-refractivity contribution in [1.82, 2.24) is 10.3 Å². The number of hydrogen-bond donors (Lipinski definition) is 2. The van der Waals surface area contributed by atoms with Crippen molar-refractivity contribution in [3.8, 4) is 0 Å². The molecule has 0 radical (unpaired) electrons. The molecular weight excluding hydrogens is 331 g/mol. The Bertz CT molecular complexity index is 977. The number of carbonyl (C=O) groups is 1. The molecule has 2 N–H and O–H groups in total. The second-order valence-corrected chi connectivity index (χ2v) is 6.43. The summed E-state index contributed by atoms with van der Waals surface area (Å²) in [5.74, 6) is -0.283. The van der Waals surface area contributed by atoms with Crippen LogP contribution in [0.1, 0.15) is 23.1 Å². The van der Waals surface area contributed by atoms with Crippen molar-refractivity contribution >= 4 is 16.8 Å². The summed E-state index contributed by atoms with van der Waals surface area (Å²) in [6.45, 7) is 2.30. The van der Waals surface area contributed by atoms with Crippen molar-refractivity contribution in [2.24, 2.45) is 0 Å². The molecule has 0 aliphatic rings. The highest BCUT2D eigenvalue weighted by molar-refractivity contribution is 5.80. The van der Waals surface area contributed by atoms with Gasteiger partial charge in [0.15, 0.2) is 0 Å². The third-order valence-corrected chi connectivity index (χ3v) is 4.39. The van der Waals surface area contributed by atoms with Gasteiger partial charge in [0.05, 0.1) is 0 Å². The quantitative estimate of drug-likeness (QED) is 0.715. The number of hydrogen-bond acceptors (Lipinski definition) is 2. The Labute approximate surface area is 151 Å². The Morgan fingerprint density at radius 1 is 1.04 bits per heavy atom. The molecule has 3 rings (SSSR count). The maximum absolute atomic E-state index is 12.8. The van der Waals surface area contributed by atoms with Crippen LogP contribution in [-0.4, -0.2) is 17.4 Å². The second-order valence-electron chi connectivity index (χ2n) is 6.43. The number of carbonyl (C=O) groups excluding carboxylic acids is 1. The van der Waals surface area contributed by atoms with E-state index in [1.165, 1.54) is 12.1 Å². The fraction of sp³-hybridized carbons (Fsp3) is 0.238. The van der Waals surface area contributed by atoms with Crippen LogP contribution >= 0.6 is 0 Å². The van der Waals surface area contributed by atoms with Crippen molar-refractivity contribution in [3.63, 3.8) is 0 Å². The van der Waals surface area contributed by atoms with Crippen LogP contribution in [0.15, 0.2) is 53.3 Å². The van der Waals surface area contributed by atoms with Gasteiger partial charge in [0.1, 0.15) is 5.82 Å². The highest BCUT2D eigenvalue weighted by Crippen LogP contribution is 2.14. The molecule has 2 aromatic carbocycles. The van der Waals surface area contributed by atoms with Gasteiger partial charge in [-0.1, -0.05) is 24.3 Å². The Balaban J connectivity index is 1.51. The van der Waals surface area contributed by atoms with Crippen LogP contribution in [0.5, 0.6) is 0 Å². The monoisotopic (exact) mass is 352 g/mol. The zero-order chi connectivity index (χ0) is 18.5. The number of nitrogens with one attached hydrogen (secondary N) is 2. The van der Waals surface area contributed by atoms with Crippen molar-refractivity contribution < 1.29 is 9.18 Å². The molecule has 0 aliphatic carbocycles. The van der Waals surface area contributed by atoms with E-state index in [0.717, 1.165) is 22.0 Å². The van der Waals surface area contributed by atoms with Gasteiger partial charge in [-0.15, -0.1) is 0 Å². The SMILES string of the molecule is Cc1cc2ccc(CCC(=O)NCCc3ccc(F)cc3)cc2[nH]c1=O. The number of pyridine rings is 1. The topological polar surface area (TPSA) is 62.0 Å². The van der Waals surface area contributed by atoms with Crippen molar-refractivity contribution in [3.05, 3.63) is 81.4 Å². The summed E-state index contributed by atoms with van der Waals surface area (Å²) in [6.07, 6.45) is 1.65. The lowest BCUT2D eigenvalue weighted by Crippen LogP contribution is -2.25. The molecule has 0 fully saturated rings. The van der Waals surface area contributed by atoms with Crippen LogP contribution in [0.3, 0.4) is 0 Å². The molecule has 0 unspecified atom stereocenters.